The number of aromatic nitrogens is 2. The van der Waals surface area contributed by atoms with Gasteiger partial charge in [-0.2, -0.15) is 0 Å². The van der Waals surface area contributed by atoms with Gasteiger partial charge in [0.1, 0.15) is 17.6 Å². The number of ether oxygens (including phenoxy) is 3. The third kappa shape index (κ3) is 6.12. The fourth-order valence-corrected chi connectivity index (χ4v) is 7.57. The second kappa shape index (κ2) is 13.1. The molecule has 1 N–H and O–H groups in total. The van der Waals surface area contributed by atoms with E-state index in [1.807, 2.05) is 45.0 Å². The minimum Gasteiger partial charge on any atom is -0.507 e. The predicted octanol–water partition coefficient (Wildman–Crippen LogP) is 7.23. The van der Waals surface area contributed by atoms with Crippen molar-refractivity contribution in [3.05, 3.63) is 93.5 Å². The topological polar surface area (TPSA) is 111 Å². The van der Waals surface area contributed by atoms with Crippen LogP contribution in [0.2, 0.25) is 5.02 Å². The van der Waals surface area contributed by atoms with Crippen LogP contribution < -0.4 is 19.1 Å². The van der Waals surface area contributed by atoms with Crippen LogP contribution in [0, 0.1) is 0 Å². The number of Topliss-reactive ketones (excluding diaryl/α,β-unsaturated/α-hetero) is 1. The summed E-state index contributed by atoms with van der Waals surface area (Å²) >= 11 is 8.94. The van der Waals surface area contributed by atoms with E-state index in [4.69, 9.17) is 25.8 Å². The van der Waals surface area contributed by atoms with Crippen molar-refractivity contribution in [2.45, 2.75) is 49.4 Å². The second-order valence-electron chi connectivity index (χ2n) is 10.4. The van der Waals surface area contributed by atoms with Crippen molar-refractivity contribution in [2.75, 3.05) is 18.1 Å². The third-order valence-electron chi connectivity index (χ3n) is 7.41. The molecule has 9 nitrogen and oxygen atoms in total. The number of amides is 1. The van der Waals surface area contributed by atoms with E-state index >= 15 is 0 Å². The van der Waals surface area contributed by atoms with Crippen LogP contribution in [0.4, 0.5) is 5.13 Å². The molecule has 1 saturated heterocycles. The Bertz CT molecular complexity index is 1810. The van der Waals surface area contributed by atoms with Crippen molar-refractivity contribution in [2.24, 2.45) is 0 Å². The maximum absolute atomic E-state index is 13.8. The van der Waals surface area contributed by atoms with Crippen LogP contribution in [-0.4, -0.2) is 46.3 Å². The number of benzene rings is 3. The zero-order valence-electron chi connectivity index (χ0n) is 24.8. The lowest BCUT2D eigenvalue weighted by Gasteiger charge is -2.23. The number of fused-ring (bicyclic) bond motifs is 1. The van der Waals surface area contributed by atoms with E-state index in [1.165, 1.54) is 28.0 Å². The van der Waals surface area contributed by atoms with Crippen molar-refractivity contribution in [1.82, 2.24) is 10.2 Å². The van der Waals surface area contributed by atoms with E-state index in [2.05, 4.69) is 10.2 Å². The first-order valence-corrected chi connectivity index (χ1v) is 16.7. The number of aliphatic hydroxyl groups excluding tert-OH is 1. The SMILES string of the molecule is CCOc1ccc([C@H]2C(=C(O)c3ccc4c(c3)C[C@@H](C)O4)C(=O)C(=O)N2c2nnc(SCc3ccccc3Cl)s2)cc1OCC. The number of halogens is 1. The fraction of sp³-hybridized carbons (Fsp3) is 0.273. The molecule has 2 aliphatic heterocycles. The Hall–Kier alpha value is -4.06. The molecule has 6 rings (SSSR count). The molecule has 4 aromatic rings. The Kier molecular flexibility index (Phi) is 9.02. The lowest BCUT2D eigenvalue weighted by Crippen LogP contribution is -2.29. The Morgan fingerprint density at radius 1 is 1.07 bits per heavy atom. The molecule has 12 heteroatoms. The summed E-state index contributed by atoms with van der Waals surface area (Å²) in [6.07, 6.45) is 0.677. The lowest BCUT2D eigenvalue weighted by atomic mass is 9.94. The van der Waals surface area contributed by atoms with Crippen molar-refractivity contribution in [3.63, 3.8) is 0 Å². The smallest absolute Gasteiger partial charge is 0.301 e. The van der Waals surface area contributed by atoms with Gasteiger partial charge in [0.15, 0.2) is 15.8 Å². The number of rotatable bonds is 10. The summed E-state index contributed by atoms with van der Waals surface area (Å²) in [6.45, 7) is 6.50. The van der Waals surface area contributed by atoms with Crippen molar-refractivity contribution in [3.8, 4) is 17.2 Å². The number of ketones is 1. The molecule has 2 atom stereocenters. The highest BCUT2D eigenvalue weighted by molar-refractivity contribution is 8.00. The first-order valence-electron chi connectivity index (χ1n) is 14.5. The molecule has 2 aliphatic rings. The third-order valence-corrected chi connectivity index (χ3v) is 9.88. The highest BCUT2D eigenvalue weighted by Crippen LogP contribution is 2.46. The van der Waals surface area contributed by atoms with Gasteiger partial charge in [0, 0.05) is 22.8 Å². The zero-order valence-corrected chi connectivity index (χ0v) is 27.2. The number of hydrogen-bond donors (Lipinski definition) is 1. The zero-order chi connectivity index (χ0) is 31.7. The van der Waals surface area contributed by atoms with Gasteiger partial charge in [0.05, 0.1) is 24.8 Å². The molecule has 3 aromatic carbocycles. The predicted molar refractivity (Wildman–Crippen MR) is 175 cm³/mol. The van der Waals surface area contributed by atoms with Crippen molar-refractivity contribution < 1.29 is 28.9 Å². The maximum Gasteiger partial charge on any atom is 0.301 e. The molecule has 0 saturated carbocycles. The Morgan fingerprint density at radius 3 is 2.62 bits per heavy atom. The molecule has 3 heterocycles. The molecule has 1 aromatic heterocycles. The first-order chi connectivity index (χ1) is 21.8. The molecule has 0 aliphatic carbocycles. The highest BCUT2D eigenvalue weighted by atomic mass is 35.5. The molecular formula is C33H30ClN3O6S2. The number of anilines is 1. The normalized spacial score (nSPS) is 18.6. The number of hydrogen-bond acceptors (Lipinski definition) is 10. The summed E-state index contributed by atoms with van der Waals surface area (Å²) in [5, 5.41) is 21.2. The summed E-state index contributed by atoms with van der Waals surface area (Å²) in [5.74, 6) is 0.349. The summed E-state index contributed by atoms with van der Waals surface area (Å²) in [5.41, 5.74) is 2.76. The summed E-state index contributed by atoms with van der Waals surface area (Å²) in [7, 11) is 0. The first kappa shape index (κ1) is 30.9. The Labute approximate surface area is 273 Å². The average Bonchev–Trinajstić information content (AvgIpc) is 3.72. The quantitative estimate of drug-likeness (QED) is 0.0617. The van der Waals surface area contributed by atoms with E-state index < -0.39 is 17.7 Å². The molecule has 0 spiro atoms. The molecular weight excluding hydrogens is 634 g/mol. The van der Waals surface area contributed by atoms with E-state index in [-0.39, 0.29) is 22.6 Å². The minimum absolute atomic E-state index is 0.00574. The molecule has 0 unspecified atom stereocenters. The van der Waals surface area contributed by atoms with Gasteiger partial charge >= 0.3 is 5.91 Å². The molecule has 1 fully saturated rings. The molecule has 232 valence electrons. The fourth-order valence-electron chi connectivity index (χ4n) is 5.42. The molecule has 45 heavy (non-hydrogen) atoms. The Balaban J connectivity index is 1.43. The van der Waals surface area contributed by atoms with E-state index in [0.29, 0.717) is 57.4 Å². The summed E-state index contributed by atoms with van der Waals surface area (Å²) < 4.78 is 18.0. The minimum atomic E-state index is -1.00. The highest BCUT2D eigenvalue weighted by Gasteiger charge is 2.48. The van der Waals surface area contributed by atoms with Crippen LogP contribution in [0.1, 0.15) is 49.1 Å². The molecule has 0 radical (unpaired) electrons. The molecule has 0 bridgehead atoms. The molecule has 1 amide bonds. The van der Waals surface area contributed by atoms with Crippen LogP contribution in [0.3, 0.4) is 0 Å². The number of nitrogens with zero attached hydrogens (tertiary/aromatic N) is 3. The van der Waals surface area contributed by atoms with Crippen LogP contribution in [0.5, 0.6) is 17.2 Å². The standard InChI is InChI=1S/C33H30ClN3O6S2/c1-4-41-25-13-10-19(16-26(25)42-5-2)28-27(29(38)20-11-12-24-22(15-20)14-18(3)43-24)30(39)31(40)37(28)32-35-36-33(45-32)44-17-21-8-6-7-9-23(21)34/h6-13,15-16,18,28,38H,4-5,14,17H2,1-3H3/t18-,28+/m1/s1. The summed E-state index contributed by atoms with van der Waals surface area (Å²) in [4.78, 5) is 28.8. The maximum atomic E-state index is 13.8. The van der Waals surface area contributed by atoms with Gasteiger partial charge in [-0.3, -0.25) is 14.5 Å². The monoisotopic (exact) mass is 663 g/mol. The van der Waals surface area contributed by atoms with Gasteiger partial charge in [-0.25, -0.2) is 0 Å². The van der Waals surface area contributed by atoms with Gasteiger partial charge in [-0.1, -0.05) is 59.0 Å². The number of aliphatic hydroxyl groups is 1. The van der Waals surface area contributed by atoms with Gasteiger partial charge in [-0.05, 0) is 73.9 Å². The second-order valence-corrected chi connectivity index (χ2v) is 13.0. The van der Waals surface area contributed by atoms with Crippen LogP contribution >= 0.6 is 34.7 Å². The van der Waals surface area contributed by atoms with Gasteiger partial charge in [0.2, 0.25) is 5.13 Å². The number of carbonyl (C=O) groups is 2. The largest absolute Gasteiger partial charge is 0.507 e. The van der Waals surface area contributed by atoms with Gasteiger partial charge in [0.25, 0.3) is 5.78 Å². The average molecular weight is 664 g/mol. The lowest BCUT2D eigenvalue weighted by molar-refractivity contribution is -0.132. The van der Waals surface area contributed by atoms with E-state index in [1.54, 1.807) is 36.4 Å². The van der Waals surface area contributed by atoms with Gasteiger partial charge in [-0.15, -0.1) is 10.2 Å². The number of carbonyl (C=O) groups excluding carboxylic acids is 2. The summed E-state index contributed by atoms with van der Waals surface area (Å²) in [6, 6.07) is 17.0. The number of thioether (sulfide) groups is 1. The van der Waals surface area contributed by atoms with Crippen LogP contribution in [0.25, 0.3) is 5.76 Å². The van der Waals surface area contributed by atoms with E-state index in [0.717, 1.165) is 16.9 Å². The van der Waals surface area contributed by atoms with Crippen molar-refractivity contribution in [1.29, 1.82) is 0 Å². The van der Waals surface area contributed by atoms with Crippen molar-refractivity contribution >= 4 is 57.3 Å². The van der Waals surface area contributed by atoms with Crippen LogP contribution in [0.15, 0.2) is 70.6 Å². The Morgan fingerprint density at radius 2 is 1.84 bits per heavy atom. The van der Waals surface area contributed by atoms with Crippen LogP contribution in [-0.2, 0) is 21.8 Å². The van der Waals surface area contributed by atoms with E-state index in [9.17, 15) is 14.7 Å². The van der Waals surface area contributed by atoms with Gasteiger partial charge < -0.3 is 19.3 Å².